The number of benzene rings is 2. The Bertz CT molecular complexity index is 3460. The van der Waals surface area contributed by atoms with Crippen LogP contribution in [0.15, 0.2) is 164 Å². The molecule has 0 saturated carbocycles. The lowest BCUT2D eigenvalue weighted by Crippen LogP contribution is -2.25. The standard InChI is InChI=1S/C72H68N10S8/c1-5-9-13-19-33-81(34-20-14-10-6-2)59-29-25-53(26-30-59)63(55(45-73)46-74)65(57(49-77)50-78)67(71-87-41-42-88-71)61(69-83-37-38-84-69)23-17-18-24-62(70-85-39-40-86-70)68(72-89-43-44-90-72)66(58(51-79)52-80)64(56(47-75)48-76)54-27-31-60(32-28-54)82(35-21-15-11-7-3)36-22-16-12-8-4/h25-32,37-44H,5-16,19-22,33-36H2,1-4H3. The van der Waals surface area contributed by atoms with Gasteiger partial charge in [-0.1, -0.05) is 235 Å². The van der Waals surface area contributed by atoms with Crippen LogP contribution < -0.4 is 9.80 Å². The second-order valence-corrected chi connectivity index (χ2v) is 28.7. The molecule has 0 atom stereocenters. The van der Waals surface area contributed by atoms with Crippen LogP contribution in [0.5, 0.6) is 0 Å². The van der Waals surface area contributed by atoms with E-state index in [1.165, 1.54) is 94.1 Å². The molecule has 2 aromatic carbocycles. The van der Waals surface area contributed by atoms with Crippen LogP contribution in [-0.4, -0.2) is 26.2 Å². The molecule has 4 heterocycles. The highest BCUT2D eigenvalue weighted by Gasteiger charge is 2.33. The minimum Gasteiger partial charge on any atom is -0.372 e. The van der Waals surface area contributed by atoms with Crippen molar-refractivity contribution in [3.63, 3.8) is 0 Å². The first-order valence-electron chi connectivity index (χ1n) is 30.1. The van der Waals surface area contributed by atoms with Crippen LogP contribution in [-0.2, 0) is 0 Å². The van der Waals surface area contributed by atoms with Crippen LogP contribution in [0.1, 0.15) is 142 Å². The first-order valence-corrected chi connectivity index (χ1v) is 37.1. The summed E-state index contributed by atoms with van der Waals surface area (Å²) in [5.41, 5.74) is 3.68. The molecular weight excluding hydrogens is 1260 g/mol. The molecule has 6 rings (SSSR count). The molecule has 0 aromatic heterocycles. The summed E-state index contributed by atoms with van der Waals surface area (Å²) in [6.45, 7) is 12.3. The van der Waals surface area contributed by atoms with E-state index in [4.69, 9.17) is 0 Å². The van der Waals surface area contributed by atoms with E-state index in [0.717, 1.165) is 140 Å². The van der Waals surface area contributed by atoms with Gasteiger partial charge in [0.2, 0.25) is 0 Å². The maximum atomic E-state index is 11.0. The van der Waals surface area contributed by atoms with Gasteiger partial charge >= 0.3 is 0 Å². The van der Waals surface area contributed by atoms with Crippen LogP contribution in [0.2, 0.25) is 0 Å². The van der Waals surface area contributed by atoms with Crippen molar-refractivity contribution in [2.45, 2.75) is 130 Å². The highest BCUT2D eigenvalue weighted by Crippen LogP contribution is 2.54. The van der Waals surface area contributed by atoms with Crippen molar-refractivity contribution >= 4 is 117 Å². The van der Waals surface area contributed by atoms with Crippen molar-refractivity contribution in [2.24, 2.45) is 0 Å². The van der Waals surface area contributed by atoms with E-state index in [1.807, 2.05) is 91.8 Å². The van der Waals surface area contributed by atoms with E-state index in [1.54, 1.807) is 0 Å². The van der Waals surface area contributed by atoms with E-state index in [9.17, 15) is 42.1 Å². The molecule has 4 aliphatic rings. The van der Waals surface area contributed by atoms with Crippen molar-refractivity contribution in [2.75, 3.05) is 36.0 Å². The third-order valence-corrected chi connectivity index (χ3v) is 23.0. The zero-order chi connectivity index (χ0) is 64.3. The largest absolute Gasteiger partial charge is 0.372 e. The Kier molecular flexibility index (Phi) is 32.3. The summed E-state index contributed by atoms with van der Waals surface area (Å²) in [5, 5.41) is 102. The van der Waals surface area contributed by atoms with Crippen LogP contribution in [0.25, 0.3) is 11.1 Å². The van der Waals surface area contributed by atoms with Crippen LogP contribution >= 0.6 is 94.1 Å². The monoisotopic (exact) mass is 1330 g/mol. The van der Waals surface area contributed by atoms with Crippen LogP contribution in [0, 0.1) is 114 Å². The number of rotatable bonds is 30. The maximum Gasteiger partial charge on any atom is 0.138 e. The average molecular weight is 1330 g/mol. The molecule has 454 valence electrons. The number of hydrogen-bond acceptors (Lipinski definition) is 18. The number of allylic oxidation sites excluding steroid dienone is 12. The number of nitriles is 8. The fraction of sp³-hybridized carbons (Fsp3) is 0.333. The van der Waals surface area contributed by atoms with Gasteiger partial charge in [-0.15, -0.1) is 0 Å². The first-order chi connectivity index (χ1) is 44.2. The Morgan fingerprint density at radius 3 is 0.822 bits per heavy atom. The first kappa shape index (κ1) is 71.8. The quantitative estimate of drug-likeness (QED) is 0.0309. The summed E-state index contributed by atoms with van der Waals surface area (Å²) in [7, 11) is 0. The Morgan fingerprint density at radius 1 is 0.322 bits per heavy atom. The third kappa shape index (κ3) is 20.1. The minimum absolute atomic E-state index is 0.0842. The number of anilines is 2. The predicted octanol–water partition coefficient (Wildman–Crippen LogP) is 21.3. The van der Waals surface area contributed by atoms with Gasteiger partial charge in [-0.3, -0.25) is 0 Å². The molecule has 18 heteroatoms. The molecule has 90 heavy (non-hydrogen) atoms. The molecular formula is C72H68N10S8. The lowest BCUT2D eigenvalue weighted by Gasteiger charge is -2.26. The molecule has 4 aliphatic heterocycles. The molecule has 0 N–H and O–H groups in total. The van der Waals surface area contributed by atoms with Crippen LogP contribution in [0.4, 0.5) is 11.4 Å². The van der Waals surface area contributed by atoms with Crippen LogP contribution in [0.3, 0.4) is 0 Å². The van der Waals surface area contributed by atoms with E-state index >= 15 is 0 Å². The molecule has 0 aliphatic carbocycles. The topological polar surface area (TPSA) is 197 Å². The van der Waals surface area contributed by atoms with Gasteiger partial charge in [0.25, 0.3) is 0 Å². The van der Waals surface area contributed by atoms with Gasteiger partial charge < -0.3 is 9.80 Å². The second-order valence-electron chi connectivity index (χ2n) is 20.4. The van der Waals surface area contributed by atoms with Gasteiger partial charge in [-0.2, -0.15) is 42.1 Å². The summed E-state index contributed by atoms with van der Waals surface area (Å²) >= 11 is 11.1. The zero-order valence-corrected chi connectivity index (χ0v) is 57.6. The smallest absolute Gasteiger partial charge is 0.138 e. The fourth-order valence-electron chi connectivity index (χ4n) is 10.0. The Hall–Kier alpha value is -7.24. The van der Waals surface area contributed by atoms with E-state index in [2.05, 4.69) is 110 Å². The van der Waals surface area contributed by atoms with Crippen molar-refractivity contribution in [3.05, 3.63) is 176 Å². The zero-order valence-electron chi connectivity index (χ0n) is 51.1. The van der Waals surface area contributed by atoms with Crippen molar-refractivity contribution < 1.29 is 0 Å². The van der Waals surface area contributed by atoms with Gasteiger partial charge in [0, 0.05) is 71.0 Å². The Labute approximate surface area is 568 Å². The molecule has 2 aromatic rings. The summed E-state index contributed by atoms with van der Waals surface area (Å²) in [4.78, 5) is 4.78. The number of nitrogens with zero attached hydrogens (tertiary/aromatic N) is 10. The van der Waals surface area contributed by atoms with E-state index in [-0.39, 0.29) is 44.6 Å². The van der Waals surface area contributed by atoms with Crippen molar-refractivity contribution in [1.29, 1.82) is 42.1 Å². The molecule has 0 unspecified atom stereocenters. The highest BCUT2D eigenvalue weighted by molar-refractivity contribution is 8.29. The van der Waals surface area contributed by atoms with Gasteiger partial charge in [-0.25, -0.2) is 0 Å². The van der Waals surface area contributed by atoms with Crippen molar-refractivity contribution in [1.82, 2.24) is 0 Å². The minimum atomic E-state index is -0.320. The molecule has 0 radical (unpaired) electrons. The van der Waals surface area contributed by atoms with Crippen molar-refractivity contribution in [3.8, 4) is 72.2 Å². The summed E-state index contributed by atoms with van der Waals surface area (Å²) in [6, 6.07) is 32.4. The molecule has 0 saturated heterocycles. The third-order valence-electron chi connectivity index (χ3n) is 14.4. The summed E-state index contributed by atoms with van der Waals surface area (Å²) in [5.74, 6) is 13.0. The summed E-state index contributed by atoms with van der Waals surface area (Å²) < 4.78 is 2.71. The highest BCUT2D eigenvalue weighted by atomic mass is 32.2. The molecule has 0 spiro atoms. The number of thioether (sulfide) groups is 8. The van der Waals surface area contributed by atoms with E-state index in [0.29, 0.717) is 50.4 Å². The molecule has 0 fully saturated rings. The SMILES string of the molecule is CCCCCCN(CCCCCC)c1ccc(C(=C(C#N)C#N)C(=C(C#N)C#N)C(=C2SC=CS2)C(C#CC#CC(=C2SC=CS2)C(=C2SC=CS2)C(=C(C#N)C#N)C(=C(C#N)C#N)c2ccc(N(CCCCCC)CCCCCC)cc2)=C2SC=CS2)cc1. The van der Waals surface area contributed by atoms with Gasteiger partial charge in [0.05, 0.1) is 28.1 Å². The predicted molar refractivity (Wildman–Crippen MR) is 388 cm³/mol. The number of unbranched alkanes of at least 4 members (excludes halogenated alkanes) is 12. The Balaban J connectivity index is 1.56. The molecule has 0 amide bonds. The Morgan fingerprint density at radius 2 is 0.578 bits per heavy atom. The summed E-state index contributed by atoms with van der Waals surface area (Å²) in [6.07, 6.45) is 17.8. The van der Waals surface area contributed by atoms with Gasteiger partial charge in [0.1, 0.15) is 70.8 Å². The van der Waals surface area contributed by atoms with E-state index < -0.39 is 0 Å². The maximum absolute atomic E-state index is 11.0. The lowest BCUT2D eigenvalue weighted by molar-refractivity contribution is 0.609. The lowest BCUT2D eigenvalue weighted by atomic mass is 9.84. The average Bonchev–Trinajstić information content (AvgIpc) is 1.24. The van der Waals surface area contributed by atoms with Gasteiger partial charge in [0.15, 0.2) is 0 Å². The fourth-order valence-corrected chi connectivity index (χ4v) is 17.4. The normalized spacial score (nSPS) is 12.9. The second kappa shape index (κ2) is 40.5. The molecule has 0 bridgehead atoms. The van der Waals surface area contributed by atoms with Gasteiger partial charge in [-0.05, 0) is 116 Å². The number of hydrogen-bond donors (Lipinski definition) is 0. The molecule has 10 nitrogen and oxygen atoms in total.